The van der Waals surface area contributed by atoms with Crippen LogP contribution in [-0.2, 0) is 28.5 Å². The lowest BCUT2D eigenvalue weighted by Gasteiger charge is -2.40. The van der Waals surface area contributed by atoms with Crippen molar-refractivity contribution < 1.29 is 49.0 Å². The molecule has 10 heteroatoms. The van der Waals surface area contributed by atoms with Gasteiger partial charge in [0.05, 0.1) is 6.42 Å². The molecule has 0 bridgehead atoms. The first-order valence-electron chi connectivity index (χ1n) is 8.98. The maximum atomic E-state index is 11.9. The largest absolute Gasteiger partial charge is 0.508 e. The van der Waals surface area contributed by atoms with E-state index in [0.717, 1.165) is 6.08 Å². The smallest absolute Gasteiger partial charge is 0.330 e. The van der Waals surface area contributed by atoms with Gasteiger partial charge >= 0.3 is 11.9 Å². The van der Waals surface area contributed by atoms with E-state index in [9.17, 15) is 30.0 Å². The van der Waals surface area contributed by atoms with Crippen LogP contribution < -0.4 is 0 Å². The van der Waals surface area contributed by atoms with Gasteiger partial charge in [-0.3, -0.25) is 4.79 Å². The Kier molecular flexibility index (Phi) is 6.83. The molecular formula is C19H22O10. The molecule has 1 aromatic carbocycles. The molecule has 1 aromatic rings. The first kappa shape index (κ1) is 21.2. The van der Waals surface area contributed by atoms with Gasteiger partial charge in [-0.15, -0.1) is 0 Å². The third kappa shape index (κ3) is 5.52. The normalized spacial score (nSPS) is 32.3. The summed E-state index contributed by atoms with van der Waals surface area (Å²) >= 11 is 0. The van der Waals surface area contributed by atoms with Crippen LogP contribution in [0, 0.1) is 0 Å². The fraction of sp³-hybridized carbons (Fsp3) is 0.474. The molecule has 2 aliphatic heterocycles. The molecule has 2 saturated heterocycles. The van der Waals surface area contributed by atoms with E-state index < -0.39 is 55.4 Å². The highest BCUT2D eigenvalue weighted by molar-refractivity contribution is 5.87. The van der Waals surface area contributed by atoms with Gasteiger partial charge in [0.25, 0.3) is 0 Å². The Morgan fingerprint density at radius 2 is 1.86 bits per heavy atom. The Balaban J connectivity index is 1.53. The van der Waals surface area contributed by atoms with E-state index in [1.54, 1.807) is 12.1 Å². The summed E-state index contributed by atoms with van der Waals surface area (Å²) in [5.74, 6) is -1.08. The highest BCUT2D eigenvalue weighted by atomic mass is 16.7. The molecule has 29 heavy (non-hydrogen) atoms. The quantitative estimate of drug-likeness (QED) is 0.342. The predicted molar refractivity (Wildman–Crippen MR) is 95.2 cm³/mol. The summed E-state index contributed by atoms with van der Waals surface area (Å²) in [6.45, 7) is -0.407. The number of carbonyl (C=O) groups excluding carboxylic acids is 2. The lowest BCUT2D eigenvalue weighted by molar-refractivity contribution is -0.311. The van der Waals surface area contributed by atoms with Crippen LogP contribution >= 0.6 is 0 Å². The average molecular weight is 410 g/mol. The Morgan fingerprint density at radius 3 is 2.52 bits per heavy atom. The summed E-state index contributed by atoms with van der Waals surface area (Å²) < 4.78 is 20.7. The SMILES string of the molecule is O=C(C=Cc1ccc(O)cc1)OC[C@H]1O[C@@H](O[C@H]2COC(=O)C2)[C@H](O)[C@@H](O)[C@@H]1O. The van der Waals surface area contributed by atoms with E-state index in [2.05, 4.69) is 0 Å². The van der Waals surface area contributed by atoms with Crippen molar-refractivity contribution in [2.75, 3.05) is 13.2 Å². The standard InChI is InChI=1S/C19H22O10/c20-11-4-1-10(2-5-11)3-6-14(21)27-9-13-16(23)17(24)18(25)19(29-13)28-12-7-15(22)26-8-12/h1-6,12-13,16-20,23-25H,7-9H2/t12-,13-,16-,17+,18-,19-/m1/s1. The second-order valence-corrected chi connectivity index (χ2v) is 6.71. The molecule has 3 rings (SSSR count). The highest BCUT2D eigenvalue weighted by Crippen LogP contribution is 2.25. The molecule has 6 atom stereocenters. The van der Waals surface area contributed by atoms with Crippen molar-refractivity contribution in [3.05, 3.63) is 35.9 Å². The van der Waals surface area contributed by atoms with Crippen molar-refractivity contribution >= 4 is 18.0 Å². The van der Waals surface area contributed by atoms with Gasteiger partial charge in [0.15, 0.2) is 6.29 Å². The van der Waals surface area contributed by atoms with Crippen LogP contribution in [0.3, 0.4) is 0 Å². The van der Waals surface area contributed by atoms with Crippen LogP contribution in [0.25, 0.3) is 6.08 Å². The van der Waals surface area contributed by atoms with E-state index >= 15 is 0 Å². The minimum Gasteiger partial charge on any atom is -0.508 e. The Bertz CT molecular complexity index is 746. The van der Waals surface area contributed by atoms with Crippen molar-refractivity contribution in [3.8, 4) is 5.75 Å². The zero-order valence-corrected chi connectivity index (χ0v) is 15.3. The maximum absolute atomic E-state index is 11.9. The zero-order valence-electron chi connectivity index (χ0n) is 15.3. The fourth-order valence-corrected chi connectivity index (χ4v) is 2.90. The van der Waals surface area contributed by atoms with E-state index in [1.807, 2.05) is 0 Å². The average Bonchev–Trinajstić information content (AvgIpc) is 3.11. The summed E-state index contributed by atoms with van der Waals surface area (Å²) in [4.78, 5) is 23.0. The summed E-state index contributed by atoms with van der Waals surface area (Å²) in [5.41, 5.74) is 0.661. The van der Waals surface area contributed by atoms with Crippen molar-refractivity contribution in [1.29, 1.82) is 0 Å². The van der Waals surface area contributed by atoms with Gasteiger partial charge in [-0.2, -0.15) is 0 Å². The van der Waals surface area contributed by atoms with Crippen molar-refractivity contribution in [1.82, 2.24) is 0 Å². The topological polar surface area (TPSA) is 152 Å². The molecule has 0 saturated carbocycles. The van der Waals surface area contributed by atoms with E-state index in [0.29, 0.717) is 5.56 Å². The van der Waals surface area contributed by atoms with Gasteiger partial charge in [0.2, 0.25) is 0 Å². The Labute approximate surface area is 165 Å². The molecule has 2 aliphatic rings. The van der Waals surface area contributed by atoms with Crippen LogP contribution in [-0.4, -0.2) is 82.4 Å². The van der Waals surface area contributed by atoms with Crippen molar-refractivity contribution in [2.45, 2.75) is 43.2 Å². The monoisotopic (exact) mass is 410 g/mol. The summed E-state index contributed by atoms with van der Waals surface area (Å²) in [6, 6.07) is 6.13. The second-order valence-electron chi connectivity index (χ2n) is 6.71. The van der Waals surface area contributed by atoms with Crippen LogP contribution in [0.5, 0.6) is 5.75 Å². The number of rotatable bonds is 6. The molecule has 0 aliphatic carbocycles. The first-order chi connectivity index (χ1) is 13.8. The number of aliphatic hydroxyl groups is 3. The van der Waals surface area contributed by atoms with Gasteiger partial charge in [0.1, 0.15) is 49.5 Å². The number of benzene rings is 1. The number of ether oxygens (including phenoxy) is 4. The molecule has 0 amide bonds. The number of aromatic hydroxyl groups is 1. The Hall–Kier alpha value is -2.50. The number of phenols is 1. The molecule has 0 aromatic heterocycles. The number of esters is 2. The van der Waals surface area contributed by atoms with Gasteiger partial charge < -0.3 is 39.4 Å². The fourth-order valence-electron chi connectivity index (χ4n) is 2.90. The van der Waals surface area contributed by atoms with Crippen molar-refractivity contribution in [3.63, 3.8) is 0 Å². The van der Waals surface area contributed by atoms with Gasteiger partial charge in [-0.05, 0) is 23.8 Å². The Morgan fingerprint density at radius 1 is 1.14 bits per heavy atom. The van der Waals surface area contributed by atoms with Crippen LogP contribution in [0.2, 0.25) is 0 Å². The highest BCUT2D eigenvalue weighted by Gasteiger charge is 2.46. The summed E-state index contributed by atoms with van der Waals surface area (Å²) in [7, 11) is 0. The van der Waals surface area contributed by atoms with Gasteiger partial charge in [0, 0.05) is 6.08 Å². The number of aliphatic hydroxyl groups excluding tert-OH is 3. The second kappa shape index (κ2) is 9.33. The number of phenolic OH excluding ortho intramolecular Hbond substituents is 1. The third-order valence-electron chi connectivity index (χ3n) is 4.51. The van der Waals surface area contributed by atoms with E-state index in [-0.39, 0.29) is 18.8 Å². The number of hydrogen-bond donors (Lipinski definition) is 4. The molecule has 2 fully saturated rings. The molecule has 2 heterocycles. The van der Waals surface area contributed by atoms with Crippen LogP contribution in [0.4, 0.5) is 0 Å². The first-order valence-corrected chi connectivity index (χ1v) is 8.98. The minimum absolute atomic E-state index is 0.00816. The number of carbonyl (C=O) groups is 2. The summed E-state index contributed by atoms with van der Waals surface area (Å²) in [5, 5.41) is 39.4. The van der Waals surface area contributed by atoms with Crippen molar-refractivity contribution in [2.24, 2.45) is 0 Å². The van der Waals surface area contributed by atoms with Gasteiger partial charge in [-0.25, -0.2) is 4.79 Å². The molecule has 0 radical (unpaired) electrons. The van der Waals surface area contributed by atoms with Crippen LogP contribution in [0.1, 0.15) is 12.0 Å². The number of hydrogen-bond acceptors (Lipinski definition) is 10. The summed E-state index contributed by atoms with van der Waals surface area (Å²) in [6.07, 6.45) is -5.19. The zero-order chi connectivity index (χ0) is 21.0. The lowest BCUT2D eigenvalue weighted by atomic mass is 9.99. The maximum Gasteiger partial charge on any atom is 0.330 e. The molecular weight excluding hydrogens is 388 g/mol. The minimum atomic E-state index is -1.59. The van der Waals surface area contributed by atoms with Gasteiger partial charge in [-0.1, -0.05) is 12.1 Å². The van der Waals surface area contributed by atoms with E-state index in [4.69, 9.17) is 18.9 Å². The predicted octanol–water partition coefficient (Wildman–Crippen LogP) is -0.912. The van der Waals surface area contributed by atoms with Crippen LogP contribution in [0.15, 0.2) is 30.3 Å². The molecule has 4 N–H and O–H groups in total. The number of cyclic esters (lactones) is 1. The molecule has 158 valence electrons. The molecule has 0 spiro atoms. The lowest BCUT2D eigenvalue weighted by Crippen LogP contribution is -2.60. The molecule has 0 unspecified atom stereocenters. The third-order valence-corrected chi connectivity index (χ3v) is 4.51. The van der Waals surface area contributed by atoms with E-state index in [1.165, 1.54) is 18.2 Å². The molecule has 10 nitrogen and oxygen atoms in total.